The topological polar surface area (TPSA) is 50.3 Å². The maximum Gasteiger partial charge on any atom is 0.222 e. The molecule has 1 saturated carbocycles. The van der Waals surface area contributed by atoms with Gasteiger partial charge < -0.3 is 10.1 Å². The van der Waals surface area contributed by atoms with Gasteiger partial charge in [-0.05, 0) is 37.2 Å². The van der Waals surface area contributed by atoms with E-state index in [9.17, 15) is 0 Å². The average Bonchev–Trinajstić information content (AvgIpc) is 3.30. The van der Waals surface area contributed by atoms with Gasteiger partial charge in [-0.3, -0.25) is 4.90 Å². The molecular weight excluding hydrogens is 276 g/mol. The minimum atomic E-state index is 0.448. The Kier molecular flexibility index (Phi) is 4.01. The minimum absolute atomic E-state index is 0.448. The molecule has 0 aromatic carbocycles. The van der Waals surface area contributed by atoms with E-state index in [2.05, 4.69) is 27.1 Å². The van der Waals surface area contributed by atoms with Crippen LogP contribution in [0.25, 0.3) is 0 Å². The Morgan fingerprint density at radius 2 is 2.09 bits per heavy atom. The quantitative estimate of drug-likeness (QED) is 0.902. The summed E-state index contributed by atoms with van der Waals surface area (Å²) in [6.45, 7) is 5.29. The second kappa shape index (κ2) is 6.13. The van der Waals surface area contributed by atoms with Crippen LogP contribution in [-0.4, -0.2) is 52.8 Å². The Morgan fingerprint density at radius 1 is 1.27 bits per heavy atom. The van der Waals surface area contributed by atoms with Gasteiger partial charge in [-0.25, -0.2) is 9.97 Å². The summed E-state index contributed by atoms with van der Waals surface area (Å²) >= 11 is 0. The van der Waals surface area contributed by atoms with E-state index in [1.165, 1.54) is 18.4 Å². The summed E-state index contributed by atoms with van der Waals surface area (Å²) in [6.07, 6.45) is 10.4. The van der Waals surface area contributed by atoms with E-state index in [0.29, 0.717) is 18.2 Å². The summed E-state index contributed by atoms with van der Waals surface area (Å²) in [5.41, 5.74) is 1.22. The first-order valence-electron chi connectivity index (χ1n) is 8.75. The van der Waals surface area contributed by atoms with Crippen molar-refractivity contribution in [1.82, 2.24) is 14.9 Å². The van der Waals surface area contributed by atoms with Crippen LogP contribution in [0.2, 0.25) is 0 Å². The van der Waals surface area contributed by atoms with Crippen molar-refractivity contribution in [2.75, 3.05) is 25.0 Å². The SMILES string of the molecule is CCCc1cnc(N[C@@H]2C[C@H]3CO[C@@H](C4CC4)CN3C2)nc1. The van der Waals surface area contributed by atoms with Crippen LogP contribution >= 0.6 is 0 Å². The fourth-order valence-corrected chi connectivity index (χ4v) is 3.79. The zero-order valence-corrected chi connectivity index (χ0v) is 13.4. The summed E-state index contributed by atoms with van der Waals surface area (Å²) in [5, 5.41) is 3.51. The molecule has 0 spiro atoms. The number of rotatable bonds is 5. The average molecular weight is 302 g/mol. The first kappa shape index (κ1) is 14.4. The molecule has 1 aliphatic carbocycles. The van der Waals surface area contributed by atoms with Crippen molar-refractivity contribution >= 4 is 5.95 Å². The molecule has 1 aromatic heterocycles. The van der Waals surface area contributed by atoms with Crippen LogP contribution in [0.1, 0.15) is 38.2 Å². The molecule has 0 unspecified atom stereocenters. The second-order valence-corrected chi connectivity index (χ2v) is 7.06. The van der Waals surface area contributed by atoms with Gasteiger partial charge in [0.2, 0.25) is 5.95 Å². The van der Waals surface area contributed by atoms with Crippen molar-refractivity contribution < 1.29 is 4.74 Å². The highest BCUT2D eigenvalue weighted by Crippen LogP contribution is 2.38. The van der Waals surface area contributed by atoms with Crippen LogP contribution in [-0.2, 0) is 11.2 Å². The molecule has 3 aliphatic rings. The predicted molar refractivity (Wildman–Crippen MR) is 85.9 cm³/mol. The van der Waals surface area contributed by atoms with Crippen LogP contribution in [0.5, 0.6) is 0 Å². The lowest BCUT2D eigenvalue weighted by molar-refractivity contribution is -0.0581. The van der Waals surface area contributed by atoms with Gasteiger partial charge in [-0.2, -0.15) is 0 Å². The third kappa shape index (κ3) is 3.10. The van der Waals surface area contributed by atoms with Gasteiger partial charge in [0.05, 0.1) is 12.7 Å². The van der Waals surface area contributed by atoms with Gasteiger partial charge in [-0.1, -0.05) is 13.3 Å². The molecule has 3 atom stereocenters. The molecule has 3 heterocycles. The summed E-state index contributed by atoms with van der Waals surface area (Å²) < 4.78 is 6.06. The van der Waals surface area contributed by atoms with Crippen LogP contribution < -0.4 is 5.32 Å². The summed E-state index contributed by atoms with van der Waals surface area (Å²) in [7, 11) is 0. The number of anilines is 1. The molecule has 2 saturated heterocycles. The Morgan fingerprint density at radius 3 is 2.82 bits per heavy atom. The van der Waals surface area contributed by atoms with Gasteiger partial charge in [0.1, 0.15) is 0 Å². The normalized spacial score (nSPS) is 32.0. The van der Waals surface area contributed by atoms with Crippen molar-refractivity contribution in [3.05, 3.63) is 18.0 Å². The van der Waals surface area contributed by atoms with E-state index >= 15 is 0 Å². The third-order valence-electron chi connectivity index (χ3n) is 5.17. The molecule has 5 heteroatoms. The number of morpholine rings is 1. The summed E-state index contributed by atoms with van der Waals surface area (Å²) in [5.74, 6) is 1.60. The van der Waals surface area contributed by atoms with Crippen LogP contribution in [0.3, 0.4) is 0 Å². The smallest absolute Gasteiger partial charge is 0.222 e. The van der Waals surface area contributed by atoms with Gasteiger partial charge >= 0.3 is 0 Å². The number of ether oxygens (including phenoxy) is 1. The number of nitrogens with zero attached hydrogens (tertiary/aromatic N) is 3. The zero-order chi connectivity index (χ0) is 14.9. The number of nitrogens with one attached hydrogen (secondary N) is 1. The van der Waals surface area contributed by atoms with E-state index < -0.39 is 0 Å². The Balaban J connectivity index is 1.32. The lowest BCUT2D eigenvalue weighted by atomic mass is 10.1. The van der Waals surface area contributed by atoms with E-state index in [0.717, 1.165) is 50.8 Å². The van der Waals surface area contributed by atoms with Crippen molar-refractivity contribution in [1.29, 1.82) is 0 Å². The highest BCUT2D eigenvalue weighted by molar-refractivity contribution is 5.27. The molecule has 120 valence electrons. The highest BCUT2D eigenvalue weighted by Gasteiger charge is 2.42. The number of aryl methyl sites for hydroxylation is 1. The van der Waals surface area contributed by atoms with Crippen LogP contribution in [0.15, 0.2) is 12.4 Å². The molecule has 0 amide bonds. The maximum absolute atomic E-state index is 6.06. The molecule has 1 aromatic rings. The van der Waals surface area contributed by atoms with Gasteiger partial charge in [0, 0.05) is 37.6 Å². The van der Waals surface area contributed by atoms with E-state index in [1.807, 2.05) is 12.4 Å². The van der Waals surface area contributed by atoms with Crippen molar-refractivity contribution in [3.8, 4) is 0 Å². The van der Waals surface area contributed by atoms with Gasteiger partial charge in [-0.15, -0.1) is 0 Å². The van der Waals surface area contributed by atoms with Gasteiger partial charge in [0.15, 0.2) is 0 Å². The zero-order valence-electron chi connectivity index (χ0n) is 13.4. The van der Waals surface area contributed by atoms with Crippen molar-refractivity contribution in [3.63, 3.8) is 0 Å². The second-order valence-electron chi connectivity index (χ2n) is 7.06. The first-order chi connectivity index (χ1) is 10.8. The predicted octanol–water partition coefficient (Wildman–Crippen LogP) is 2.09. The lowest BCUT2D eigenvalue weighted by Crippen LogP contribution is -2.47. The fraction of sp³-hybridized carbons (Fsp3) is 0.765. The number of aromatic nitrogens is 2. The largest absolute Gasteiger partial charge is 0.375 e. The minimum Gasteiger partial charge on any atom is -0.375 e. The number of fused-ring (bicyclic) bond motifs is 1. The molecular formula is C17H26N4O. The van der Waals surface area contributed by atoms with Crippen LogP contribution in [0, 0.1) is 5.92 Å². The van der Waals surface area contributed by atoms with Crippen molar-refractivity contribution in [2.45, 2.75) is 57.2 Å². The van der Waals surface area contributed by atoms with Gasteiger partial charge in [0.25, 0.3) is 0 Å². The van der Waals surface area contributed by atoms with Crippen LogP contribution in [0.4, 0.5) is 5.95 Å². The maximum atomic E-state index is 6.06. The third-order valence-corrected chi connectivity index (χ3v) is 5.17. The molecule has 0 radical (unpaired) electrons. The molecule has 22 heavy (non-hydrogen) atoms. The molecule has 0 bridgehead atoms. The molecule has 4 rings (SSSR count). The first-order valence-corrected chi connectivity index (χ1v) is 8.75. The molecule has 3 fully saturated rings. The summed E-state index contributed by atoms with van der Waals surface area (Å²) in [6, 6.07) is 1.02. The Labute approximate surface area is 132 Å². The monoisotopic (exact) mass is 302 g/mol. The van der Waals surface area contributed by atoms with E-state index in [4.69, 9.17) is 4.74 Å². The highest BCUT2D eigenvalue weighted by atomic mass is 16.5. The Bertz CT molecular complexity index is 502. The standard InChI is InChI=1S/C17H26N4O/c1-2-3-12-7-18-17(19-8-12)20-14-6-15-11-22-16(13-4-5-13)10-21(15)9-14/h7-8,13-16H,2-6,9-11H2,1H3,(H,18,19,20)/t14-,15+,16-/m1/s1. The van der Waals surface area contributed by atoms with E-state index in [-0.39, 0.29) is 0 Å². The van der Waals surface area contributed by atoms with E-state index in [1.54, 1.807) is 0 Å². The molecule has 5 nitrogen and oxygen atoms in total. The lowest BCUT2D eigenvalue weighted by Gasteiger charge is -2.35. The number of hydrogen-bond donors (Lipinski definition) is 1. The Hall–Kier alpha value is -1.20. The molecule has 2 aliphatic heterocycles. The summed E-state index contributed by atoms with van der Waals surface area (Å²) in [4.78, 5) is 11.5. The molecule has 1 N–H and O–H groups in total. The fourth-order valence-electron chi connectivity index (χ4n) is 3.79. The van der Waals surface area contributed by atoms with Crippen molar-refractivity contribution in [2.24, 2.45) is 5.92 Å². The number of hydrogen-bond acceptors (Lipinski definition) is 5.